The summed E-state index contributed by atoms with van der Waals surface area (Å²) < 4.78 is 44.3. The third-order valence-corrected chi connectivity index (χ3v) is 6.78. The highest BCUT2D eigenvalue weighted by Crippen LogP contribution is 2.34. The summed E-state index contributed by atoms with van der Waals surface area (Å²) in [7, 11) is 0. The topological polar surface area (TPSA) is 79.4 Å². The first-order chi connectivity index (χ1) is 17.8. The number of carbonyl (C=O) groups is 1. The Morgan fingerprint density at radius 2 is 1.68 bits per heavy atom. The molecule has 0 atom stereocenters. The molecular weight excluding hydrogens is 503 g/mol. The van der Waals surface area contributed by atoms with Crippen molar-refractivity contribution in [2.24, 2.45) is 0 Å². The van der Waals surface area contributed by atoms with Gasteiger partial charge in [0, 0.05) is 31.0 Å². The number of rotatable bonds is 6. The van der Waals surface area contributed by atoms with Gasteiger partial charge in [0.25, 0.3) is 0 Å². The van der Waals surface area contributed by atoms with Crippen LogP contribution in [0.2, 0.25) is 0 Å². The van der Waals surface area contributed by atoms with Crippen LogP contribution >= 0.6 is 11.3 Å². The van der Waals surface area contributed by atoms with Gasteiger partial charge in [-0.1, -0.05) is 17.4 Å². The lowest BCUT2D eigenvalue weighted by Crippen LogP contribution is -2.19. The smallest absolute Gasteiger partial charge is 0.416 e. The molecule has 2 aromatic carbocycles. The van der Waals surface area contributed by atoms with Gasteiger partial charge < -0.3 is 20.3 Å². The van der Waals surface area contributed by atoms with Crippen molar-refractivity contribution in [1.82, 2.24) is 9.97 Å². The summed E-state index contributed by atoms with van der Waals surface area (Å²) in [5.41, 5.74) is 0.579. The van der Waals surface area contributed by atoms with Crippen molar-refractivity contribution in [3.63, 3.8) is 0 Å². The molecule has 2 aromatic heterocycles. The molecule has 7 nitrogen and oxygen atoms in total. The molecule has 190 valence electrons. The van der Waals surface area contributed by atoms with E-state index in [1.807, 2.05) is 30.5 Å². The summed E-state index contributed by atoms with van der Waals surface area (Å²) >= 11 is 1.67. The number of alkyl halides is 3. The normalized spacial score (nSPS) is 13.4. The Morgan fingerprint density at radius 1 is 0.919 bits per heavy atom. The molecule has 2 amide bonds. The van der Waals surface area contributed by atoms with Gasteiger partial charge in [0.2, 0.25) is 5.88 Å². The molecule has 0 bridgehead atoms. The second-order valence-electron chi connectivity index (χ2n) is 8.37. The SMILES string of the molecule is O=C(Nc1ccc(Oc2ccc(-c3cnc(N4CCCC4)s3)cc2)nc1)Nc1cccc(C(F)(F)F)c1. The summed E-state index contributed by atoms with van der Waals surface area (Å²) in [5.74, 6) is 0.925. The zero-order valence-corrected chi connectivity index (χ0v) is 20.3. The quantitative estimate of drug-likeness (QED) is 0.277. The maximum Gasteiger partial charge on any atom is 0.416 e. The second kappa shape index (κ2) is 10.5. The molecule has 0 spiro atoms. The molecule has 11 heteroatoms. The van der Waals surface area contributed by atoms with Gasteiger partial charge in [-0.25, -0.2) is 14.8 Å². The van der Waals surface area contributed by atoms with E-state index in [0.29, 0.717) is 17.3 Å². The summed E-state index contributed by atoms with van der Waals surface area (Å²) in [4.78, 5) is 24.3. The number of hydrogen-bond acceptors (Lipinski definition) is 6. The number of urea groups is 1. The second-order valence-corrected chi connectivity index (χ2v) is 9.38. The molecule has 2 N–H and O–H groups in total. The number of benzene rings is 2. The Labute approximate surface area is 214 Å². The van der Waals surface area contributed by atoms with Crippen LogP contribution in [0.15, 0.2) is 73.1 Å². The first-order valence-corrected chi connectivity index (χ1v) is 12.4. The number of aromatic nitrogens is 2. The van der Waals surface area contributed by atoms with E-state index in [1.165, 1.54) is 31.2 Å². The summed E-state index contributed by atoms with van der Waals surface area (Å²) in [5, 5.41) is 5.96. The number of halogens is 3. The van der Waals surface area contributed by atoms with Crippen molar-refractivity contribution in [1.29, 1.82) is 0 Å². The Morgan fingerprint density at radius 3 is 2.38 bits per heavy atom. The maximum absolute atomic E-state index is 12.8. The van der Waals surface area contributed by atoms with Gasteiger partial charge in [0.1, 0.15) is 5.75 Å². The van der Waals surface area contributed by atoms with Crippen molar-refractivity contribution < 1.29 is 22.7 Å². The highest BCUT2D eigenvalue weighted by Gasteiger charge is 2.30. The predicted molar refractivity (Wildman–Crippen MR) is 137 cm³/mol. The fraction of sp³-hybridized carbons (Fsp3) is 0.192. The number of pyridine rings is 1. The van der Waals surface area contributed by atoms with Gasteiger partial charge >= 0.3 is 12.2 Å². The number of anilines is 3. The first kappa shape index (κ1) is 24.6. The van der Waals surface area contributed by atoms with E-state index in [4.69, 9.17) is 4.74 Å². The zero-order valence-electron chi connectivity index (χ0n) is 19.5. The van der Waals surface area contributed by atoms with Gasteiger partial charge in [0.05, 0.1) is 22.3 Å². The van der Waals surface area contributed by atoms with Gasteiger partial charge in [-0.3, -0.25) is 0 Å². The first-order valence-electron chi connectivity index (χ1n) is 11.5. The van der Waals surface area contributed by atoms with E-state index in [0.717, 1.165) is 40.8 Å². The fourth-order valence-corrected chi connectivity index (χ4v) is 4.82. The van der Waals surface area contributed by atoms with E-state index in [9.17, 15) is 18.0 Å². The molecule has 1 fully saturated rings. The van der Waals surface area contributed by atoms with Crippen molar-refractivity contribution in [3.05, 3.63) is 78.6 Å². The van der Waals surface area contributed by atoms with Crippen molar-refractivity contribution in [2.45, 2.75) is 19.0 Å². The predicted octanol–water partition coefficient (Wildman–Crippen LogP) is 7.26. The Kier molecular flexibility index (Phi) is 6.95. The molecule has 4 aromatic rings. The van der Waals surface area contributed by atoms with Crippen LogP contribution in [0.4, 0.5) is 34.5 Å². The Balaban J connectivity index is 1.16. The lowest BCUT2D eigenvalue weighted by atomic mass is 10.2. The number of nitrogens with one attached hydrogen (secondary N) is 2. The lowest BCUT2D eigenvalue weighted by molar-refractivity contribution is -0.137. The van der Waals surface area contributed by atoms with Crippen LogP contribution in [0, 0.1) is 0 Å². The van der Waals surface area contributed by atoms with Crippen LogP contribution in [0.25, 0.3) is 10.4 Å². The summed E-state index contributed by atoms with van der Waals surface area (Å²) in [6.45, 7) is 2.11. The van der Waals surface area contributed by atoms with Crippen LogP contribution in [0.5, 0.6) is 11.6 Å². The monoisotopic (exact) mass is 525 g/mol. The van der Waals surface area contributed by atoms with E-state index >= 15 is 0 Å². The molecule has 0 saturated carbocycles. The largest absolute Gasteiger partial charge is 0.439 e. The molecule has 0 aliphatic carbocycles. The van der Waals surface area contributed by atoms with Crippen molar-refractivity contribution in [3.8, 4) is 22.1 Å². The zero-order chi connectivity index (χ0) is 25.8. The minimum Gasteiger partial charge on any atom is -0.439 e. The van der Waals surface area contributed by atoms with Gasteiger partial charge in [-0.2, -0.15) is 13.2 Å². The molecule has 1 saturated heterocycles. The van der Waals surface area contributed by atoms with E-state index in [1.54, 1.807) is 23.5 Å². The third kappa shape index (κ3) is 6.18. The molecular formula is C26H22F3N5O2S. The highest BCUT2D eigenvalue weighted by atomic mass is 32.1. The Hall–Kier alpha value is -4.12. The third-order valence-electron chi connectivity index (χ3n) is 5.67. The van der Waals surface area contributed by atoms with Gasteiger partial charge in [0.15, 0.2) is 5.13 Å². The minimum absolute atomic E-state index is 0.0225. The van der Waals surface area contributed by atoms with Crippen LogP contribution < -0.4 is 20.3 Å². The van der Waals surface area contributed by atoms with Crippen molar-refractivity contribution in [2.75, 3.05) is 28.6 Å². The molecule has 0 radical (unpaired) electrons. The number of nitrogens with zero attached hydrogens (tertiary/aromatic N) is 3. The van der Waals surface area contributed by atoms with Crippen LogP contribution in [0.3, 0.4) is 0 Å². The molecule has 0 unspecified atom stereocenters. The van der Waals surface area contributed by atoms with Crippen LogP contribution in [-0.2, 0) is 6.18 Å². The number of carbonyl (C=O) groups excluding carboxylic acids is 1. The number of thiazole rings is 1. The molecule has 5 rings (SSSR count). The maximum atomic E-state index is 12.8. The van der Waals surface area contributed by atoms with Gasteiger partial charge in [-0.05, 0) is 66.9 Å². The van der Waals surface area contributed by atoms with E-state index < -0.39 is 17.8 Å². The summed E-state index contributed by atoms with van der Waals surface area (Å²) in [6, 6.07) is 14.5. The number of amides is 2. The molecule has 37 heavy (non-hydrogen) atoms. The standard InChI is InChI=1S/C26H22F3N5O2S/c27-26(28,29)18-4-3-5-19(14-18)32-24(35)33-20-8-11-23(30-15-20)36-21-9-6-17(7-10-21)22-16-31-25(37-22)34-12-1-2-13-34/h3-11,14-16H,1-2,12-13H2,(H2,32,33,35). The average Bonchev–Trinajstić information content (AvgIpc) is 3.58. The number of ether oxygens (including phenoxy) is 1. The summed E-state index contributed by atoms with van der Waals surface area (Å²) in [6.07, 6.45) is 1.21. The molecule has 1 aliphatic rings. The van der Waals surface area contributed by atoms with E-state index in [2.05, 4.69) is 25.5 Å². The van der Waals surface area contributed by atoms with E-state index in [-0.39, 0.29) is 5.69 Å². The lowest BCUT2D eigenvalue weighted by Gasteiger charge is -2.12. The Bertz CT molecular complexity index is 1370. The van der Waals surface area contributed by atoms with Crippen LogP contribution in [0.1, 0.15) is 18.4 Å². The molecule has 3 heterocycles. The fourth-order valence-electron chi connectivity index (χ4n) is 3.84. The van der Waals surface area contributed by atoms with Crippen LogP contribution in [-0.4, -0.2) is 29.1 Å². The number of hydrogen-bond donors (Lipinski definition) is 2. The molecule has 1 aliphatic heterocycles. The van der Waals surface area contributed by atoms with Crippen molar-refractivity contribution >= 4 is 33.9 Å². The highest BCUT2D eigenvalue weighted by molar-refractivity contribution is 7.18. The average molecular weight is 526 g/mol. The van der Waals surface area contributed by atoms with Gasteiger partial charge in [-0.15, -0.1) is 0 Å². The minimum atomic E-state index is -4.49.